The van der Waals surface area contributed by atoms with Crippen LogP contribution in [-0.4, -0.2) is 11.2 Å². The molecule has 0 aliphatic heterocycles. The standard InChI is InChI=1S/C14H18O3/c1-5-14(4)11(15)7-6-10-12(16)8(2)9(3)17-13(10)14/h6-7,11,15H,5H2,1-4H3/t11-,14+/m0/s1. The molecule has 92 valence electrons. The zero-order chi connectivity index (χ0) is 12.8. The fourth-order valence-electron chi connectivity index (χ4n) is 2.23. The van der Waals surface area contributed by atoms with Crippen molar-refractivity contribution in [1.82, 2.24) is 0 Å². The van der Waals surface area contributed by atoms with Crippen LogP contribution in [0.2, 0.25) is 0 Å². The van der Waals surface area contributed by atoms with Crippen molar-refractivity contribution in [3.05, 3.63) is 38.9 Å². The van der Waals surface area contributed by atoms with Gasteiger partial charge in [0, 0.05) is 5.56 Å². The van der Waals surface area contributed by atoms with Crippen molar-refractivity contribution >= 4 is 6.08 Å². The average Bonchev–Trinajstić information content (AvgIpc) is 2.32. The molecule has 3 nitrogen and oxygen atoms in total. The van der Waals surface area contributed by atoms with Gasteiger partial charge in [0.25, 0.3) is 0 Å². The van der Waals surface area contributed by atoms with Crippen molar-refractivity contribution in [3.63, 3.8) is 0 Å². The van der Waals surface area contributed by atoms with E-state index in [4.69, 9.17) is 4.42 Å². The number of aliphatic hydroxyl groups is 1. The lowest BCUT2D eigenvalue weighted by atomic mass is 9.74. The fraction of sp³-hybridized carbons (Fsp3) is 0.500. The van der Waals surface area contributed by atoms with Crippen LogP contribution >= 0.6 is 0 Å². The van der Waals surface area contributed by atoms with Gasteiger partial charge in [-0.2, -0.15) is 0 Å². The number of aliphatic hydroxyl groups excluding tert-OH is 1. The summed E-state index contributed by atoms with van der Waals surface area (Å²) in [6.07, 6.45) is 3.47. The Morgan fingerprint density at radius 1 is 1.47 bits per heavy atom. The molecule has 1 N–H and O–H groups in total. The SMILES string of the molecule is CC[C@@]1(C)c2oc(C)c(C)c(=O)c2C=C[C@@H]1O. The molecule has 0 fully saturated rings. The lowest BCUT2D eigenvalue weighted by molar-refractivity contribution is 0.109. The van der Waals surface area contributed by atoms with Crippen LogP contribution in [0.25, 0.3) is 6.08 Å². The summed E-state index contributed by atoms with van der Waals surface area (Å²) in [5, 5.41) is 10.1. The van der Waals surface area contributed by atoms with E-state index in [-0.39, 0.29) is 5.43 Å². The molecule has 1 aliphatic rings. The molecule has 1 heterocycles. The van der Waals surface area contributed by atoms with Gasteiger partial charge in [-0.3, -0.25) is 4.79 Å². The van der Waals surface area contributed by atoms with Crippen LogP contribution in [0, 0.1) is 13.8 Å². The van der Waals surface area contributed by atoms with Crippen LogP contribution in [0.1, 0.15) is 42.9 Å². The zero-order valence-corrected chi connectivity index (χ0v) is 10.7. The zero-order valence-electron chi connectivity index (χ0n) is 10.7. The number of hydrogen-bond acceptors (Lipinski definition) is 3. The minimum absolute atomic E-state index is 0.00609. The third kappa shape index (κ3) is 1.57. The predicted octanol–water partition coefficient (Wildman–Crippen LogP) is 2.31. The predicted molar refractivity (Wildman–Crippen MR) is 67.1 cm³/mol. The molecule has 0 saturated heterocycles. The molecule has 1 aromatic rings. The molecular formula is C14H18O3. The van der Waals surface area contributed by atoms with Gasteiger partial charge in [-0.05, 0) is 33.3 Å². The Hall–Kier alpha value is -1.35. The number of fused-ring (bicyclic) bond motifs is 1. The first-order valence-electron chi connectivity index (χ1n) is 5.93. The maximum absolute atomic E-state index is 12.2. The monoisotopic (exact) mass is 234 g/mol. The molecule has 1 aliphatic carbocycles. The highest BCUT2D eigenvalue weighted by Crippen LogP contribution is 2.37. The van der Waals surface area contributed by atoms with Gasteiger partial charge >= 0.3 is 0 Å². The van der Waals surface area contributed by atoms with E-state index in [1.165, 1.54) is 0 Å². The van der Waals surface area contributed by atoms with Crippen LogP contribution in [0.5, 0.6) is 0 Å². The van der Waals surface area contributed by atoms with Gasteiger partial charge in [0.1, 0.15) is 11.5 Å². The Kier molecular flexibility index (Phi) is 2.74. The Balaban J connectivity index is 2.80. The molecule has 0 spiro atoms. The second-order valence-corrected chi connectivity index (χ2v) is 4.93. The van der Waals surface area contributed by atoms with E-state index in [2.05, 4.69) is 0 Å². The molecular weight excluding hydrogens is 216 g/mol. The summed E-state index contributed by atoms with van der Waals surface area (Å²) in [4.78, 5) is 12.2. The molecule has 0 unspecified atom stereocenters. The van der Waals surface area contributed by atoms with Crippen LogP contribution in [0.4, 0.5) is 0 Å². The smallest absolute Gasteiger partial charge is 0.195 e. The summed E-state index contributed by atoms with van der Waals surface area (Å²) in [6.45, 7) is 7.47. The topological polar surface area (TPSA) is 50.4 Å². The third-order valence-electron chi connectivity index (χ3n) is 3.96. The quantitative estimate of drug-likeness (QED) is 0.811. The molecule has 1 aromatic heterocycles. The van der Waals surface area contributed by atoms with Crippen LogP contribution in [-0.2, 0) is 5.41 Å². The lowest BCUT2D eigenvalue weighted by Crippen LogP contribution is -2.39. The highest BCUT2D eigenvalue weighted by molar-refractivity contribution is 5.58. The largest absolute Gasteiger partial charge is 0.464 e. The van der Waals surface area contributed by atoms with Crippen LogP contribution in [0.15, 0.2) is 15.3 Å². The van der Waals surface area contributed by atoms with E-state index in [9.17, 15) is 9.90 Å². The van der Waals surface area contributed by atoms with Gasteiger partial charge < -0.3 is 9.52 Å². The molecule has 0 radical (unpaired) electrons. The number of aryl methyl sites for hydroxylation is 1. The Morgan fingerprint density at radius 2 is 2.12 bits per heavy atom. The van der Waals surface area contributed by atoms with Crippen molar-refractivity contribution in [2.24, 2.45) is 0 Å². The molecule has 2 rings (SSSR count). The van der Waals surface area contributed by atoms with E-state index in [1.54, 1.807) is 26.0 Å². The summed E-state index contributed by atoms with van der Waals surface area (Å²) in [6, 6.07) is 0. The first-order valence-corrected chi connectivity index (χ1v) is 5.93. The van der Waals surface area contributed by atoms with Crippen molar-refractivity contribution in [2.75, 3.05) is 0 Å². The normalized spacial score (nSPS) is 27.0. The molecule has 0 saturated carbocycles. The van der Waals surface area contributed by atoms with Gasteiger partial charge in [0.15, 0.2) is 5.43 Å². The van der Waals surface area contributed by atoms with Crippen molar-refractivity contribution in [1.29, 1.82) is 0 Å². The van der Waals surface area contributed by atoms with Gasteiger partial charge in [0.05, 0.1) is 17.1 Å². The molecule has 3 heteroatoms. The highest BCUT2D eigenvalue weighted by atomic mass is 16.3. The lowest BCUT2D eigenvalue weighted by Gasteiger charge is -2.34. The second-order valence-electron chi connectivity index (χ2n) is 4.93. The van der Waals surface area contributed by atoms with E-state index >= 15 is 0 Å². The average molecular weight is 234 g/mol. The van der Waals surface area contributed by atoms with E-state index < -0.39 is 11.5 Å². The van der Waals surface area contributed by atoms with Crippen molar-refractivity contribution in [3.8, 4) is 0 Å². The molecule has 0 bridgehead atoms. The van der Waals surface area contributed by atoms with E-state index in [0.717, 1.165) is 6.42 Å². The summed E-state index contributed by atoms with van der Waals surface area (Å²) < 4.78 is 5.78. The number of hydrogen-bond donors (Lipinski definition) is 1. The Morgan fingerprint density at radius 3 is 2.71 bits per heavy atom. The van der Waals surface area contributed by atoms with Gasteiger partial charge in [-0.25, -0.2) is 0 Å². The fourth-order valence-corrected chi connectivity index (χ4v) is 2.23. The Labute approximate surface area is 101 Å². The molecule has 0 aromatic carbocycles. The maximum atomic E-state index is 12.2. The van der Waals surface area contributed by atoms with Crippen molar-refractivity contribution < 1.29 is 9.52 Å². The summed E-state index contributed by atoms with van der Waals surface area (Å²) in [5.41, 5.74) is 0.722. The first kappa shape index (κ1) is 12.1. The minimum Gasteiger partial charge on any atom is -0.464 e. The van der Waals surface area contributed by atoms with Crippen molar-refractivity contribution in [2.45, 2.75) is 45.6 Å². The Bertz CT molecular complexity index is 539. The molecule has 0 amide bonds. The number of rotatable bonds is 1. The molecule has 17 heavy (non-hydrogen) atoms. The van der Waals surface area contributed by atoms with Crippen LogP contribution < -0.4 is 5.43 Å². The van der Waals surface area contributed by atoms with E-state index in [0.29, 0.717) is 22.6 Å². The van der Waals surface area contributed by atoms with Gasteiger partial charge in [-0.1, -0.05) is 13.0 Å². The first-order chi connectivity index (χ1) is 7.91. The summed E-state index contributed by atoms with van der Waals surface area (Å²) >= 11 is 0. The van der Waals surface area contributed by atoms with Crippen LogP contribution in [0.3, 0.4) is 0 Å². The summed E-state index contributed by atoms with van der Waals surface area (Å²) in [5.74, 6) is 1.25. The maximum Gasteiger partial charge on any atom is 0.195 e. The highest BCUT2D eigenvalue weighted by Gasteiger charge is 2.39. The summed E-state index contributed by atoms with van der Waals surface area (Å²) in [7, 11) is 0. The van der Waals surface area contributed by atoms with E-state index in [1.807, 2.05) is 13.8 Å². The second kappa shape index (κ2) is 3.84. The van der Waals surface area contributed by atoms with Gasteiger partial charge in [0.2, 0.25) is 0 Å². The van der Waals surface area contributed by atoms with Gasteiger partial charge in [-0.15, -0.1) is 0 Å². The minimum atomic E-state index is -0.606. The molecule has 2 atom stereocenters. The third-order valence-corrected chi connectivity index (χ3v) is 3.96.